The lowest BCUT2D eigenvalue weighted by Crippen LogP contribution is -2.57. The van der Waals surface area contributed by atoms with Gasteiger partial charge in [0.1, 0.15) is 11.3 Å². The van der Waals surface area contributed by atoms with Crippen molar-refractivity contribution in [2.45, 2.75) is 44.1 Å². The molecule has 1 aromatic carbocycles. The lowest BCUT2D eigenvalue weighted by Gasteiger charge is -2.34. The van der Waals surface area contributed by atoms with Crippen molar-refractivity contribution in [3.8, 4) is 5.75 Å². The highest BCUT2D eigenvalue weighted by atomic mass is 16.5. The maximum atomic E-state index is 12.7. The number of ether oxygens (including phenoxy) is 1. The molecule has 2 fully saturated rings. The van der Waals surface area contributed by atoms with E-state index in [2.05, 4.69) is 5.32 Å². The van der Waals surface area contributed by atoms with Gasteiger partial charge < -0.3 is 20.1 Å². The van der Waals surface area contributed by atoms with Crippen LogP contribution >= 0.6 is 0 Å². The third-order valence-electron chi connectivity index (χ3n) is 5.36. The lowest BCUT2D eigenvalue weighted by atomic mass is 9.81. The zero-order chi connectivity index (χ0) is 18.7. The molecule has 1 aliphatic heterocycles. The minimum atomic E-state index is -1.19. The number of hydrogen-bond acceptors (Lipinski definition) is 4. The number of anilines is 1. The van der Waals surface area contributed by atoms with E-state index in [0.717, 1.165) is 19.3 Å². The van der Waals surface area contributed by atoms with Crippen LogP contribution in [0.5, 0.6) is 5.75 Å². The molecule has 2 aliphatic rings. The highest BCUT2D eigenvalue weighted by molar-refractivity contribution is 6.01. The van der Waals surface area contributed by atoms with Crippen LogP contribution in [-0.2, 0) is 14.4 Å². The predicted octanol–water partition coefficient (Wildman–Crippen LogP) is 1.95. The molecule has 0 aromatic heterocycles. The van der Waals surface area contributed by atoms with Crippen molar-refractivity contribution >= 4 is 23.5 Å². The van der Waals surface area contributed by atoms with E-state index in [1.807, 2.05) is 0 Å². The average molecular weight is 360 g/mol. The fourth-order valence-electron chi connectivity index (χ4n) is 3.78. The maximum Gasteiger partial charge on any atom is 0.329 e. The normalized spacial score (nSPS) is 22.1. The van der Waals surface area contributed by atoms with Crippen LogP contribution in [0.3, 0.4) is 0 Å². The van der Waals surface area contributed by atoms with E-state index < -0.39 is 17.4 Å². The van der Waals surface area contributed by atoms with Crippen LogP contribution < -0.4 is 15.0 Å². The summed E-state index contributed by atoms with van der Waals surface area (Å²) in [7, 11) is 1.57. The van der Waals surface area contributed by atoms with E-state index in [0.29, 0.717) is 24.3 Å². The topological polar surface area (TPSA) is 95.9 Å². The van der Waals surface area contributed by atoms with Gasteiger partial charge in [-0.3, -0.25) is 9.59 Å². The van der Waals surface area contributed by atoms with Gasteiger partial charge in [0.15, 0.2) is 0 Å². The highest BCUT2D eigenvalue weighted by Crippen LogP contribution is 2.31. The number of carboxylic acid groups (broad SMARTS) is 1. The van der Waals surface area contributed by atoms with E-state index in [-0.39, 0.29) is 24.8 Å². The number of carbonyl (C=O) groups is 3. The van der Waals surface area contributed by atoms with Gasteiger partial charge in [-0.15, -0.1) is 0 Å². The molecular formula is C19H24N2O5. The van der Waals surface area contributed by atoms with Crippen molar-refractivity contribution in [1.82, 2.24) is 5.32 Å². The number of nitrogens with one attached hydrogen (secondary N) is 1. The molecule has 140 valence electrons. The quantitative estimate of drug-likeness (QED) is 0.837. The number of nitrogens with zero attached hydrogens (tertiary/aromatic N) is 1. The molecule has 1 atom stereocenters. The summed E-state index contributed by atoms with van der Waals surface area (Å²) in [5, 5.41) is 12.4. The van der Waals surface area contributed by atoms with Crippen LogP contribution in [0.2, 0.25) is 0 Å². The maximum absolute atomic E-state index is 12.7. The van der Waals surface area contributed by atoms with Gasteiger partial charge in [0.25, 0.3) is 0 Å². The second kappa shape index (κ2) is 7.35. The summed E-state index contributed by atoms with van der Waals surface area (Å²) in [6.07, 6.45) is 3.53. The van der Waals surface area contributed by atoms with Crippen LogP contribution in [0.25, 0.3) is 0 Å². The summed E-state index contributed by atoms with van der Waals surface area (Å²) in [6, 6.07) is 7.07. The molecule has 1 aromatic rings. The van der Waals surface area contributed by atoms with Crippen molar-refractivity contribution in [3.63, 3.8) is 0 Å². The first kappa shape index (κ1) is 18.2. The van der Waals surface area contributed by atoms with Gasteiger partial charge in [-0.2, -0.15) is 0 Å². The number of amides is 2. The number of benzene rings is 1. The molecule has 7 nitrogen and oxygen atoms in total. The Morgan fingerprint density at radius 2 is 1.85 bits per heavy atom. The molecule has 0 radical (unpaired) electrons. The van der Waals surface area contributed by atoms with Crippen LogP contribution in [0, 0.1) is 5.92 Å². The number of hydrogen-bond donors (Lipinski definition) is 2. The molecule has 7 heteroatoms. The Bertz CT molecular complexity index is 694. The van der Waals surface area contributed by atoms with Gasteiger partial charge in [0.2, 0.25) is 11.8 Å². The Hall–Kier alpha value is -2.57. The van der Waals surface area contributed by atoms with Gasteiger partial charge in [0, 0.05) is 18.7 Å². The van der Waals surface area contributed by atoms with Gasteiger partial charge in [-0.1, -0.05) is 19.3 Å². The SMILES string of the molecule is COc1ccc(N2C[C@@H](C(=O)NC3(C(=O)O)CCCCC3)CC2=O)cc1. The number of carboxylic acids is 1. The van der Waals surface area contributed by atoms with Gasteiger partial charge in [-0.05, 0) is 37.1 Å². The number of rotatable bonds is 5. The van der Waals surface area contributed by atoms with Crippen LogP contribution in [0.4, 0.5) is 5.69 Å². The van der Waals surface area contributed by atoms with Crippen molar-refractivity contribution in [3.05, 3.63) is 24.3 Å². The molecule has 1 aliphatic carbocycles. The van der Waals surface area contributed by atoms with E-state index in [4.69, 9.17) is 4.74 Å². The summed E-state index contributed by atoms with van der Waals surface area (Å²) in [6.45, 7) is 0.257. The Kier molecular flexibility index (Phi) is 5.15. The van der Waals surface area contributed by atoms with E-state index in [9.17, 15) is 19.5 Å². The molecule has 2 N–H and O–H groups in total. The van der Waals surface area contributed by atoms with Gasteiger partial charge >= 0.3 is 5.97 Å². The Balaban J connectivity index is 1.69. The highest BCUT2D eigenvalue weighted by Gasteiger charge is 2.44. The monoisotopic (exact) mass is 360 g/mol. The largest absolute Gasteiger partial charge is 0.497 e. The molecule has 1 heterocycles. The molecule has 1 saturated carbocycles. The summed E-state index contributed by atoms with van der Waals surface area (Å²) in [4.78, 5) is 38.3. The fourth-order valence-corrected chi connectivity index (χ4v) is 3.78. The summed E-state index contributed by atoms with van der Waals surface area (Å²) >= 11 is 0. The summed E-state index contributed by atoms with van der Waals surface area (Å²) < 4.78 is 5.11. The summed E-state index contributed by atoms with van der Waals surface area (Å²) in [5.41, 5.74) is -0.483. The molecule has 1 saturated heterocycles. The zero-order valence-corrected chi connectivity index (χ0v) is 14.9. The minimum absolute atomic E-state index is 0.0908. The average Bonchev–Trinajstić information content (AvgIpc) is 3.04. The van der Waals surface area contributed by atoms with Gasteiger partial charge in [-0.25, -0.2) is 4.79 Å². The molecule has 0 bridgehead atoms. The standard InChI is InChI=1S/C19H24N2O5/c1-26-15-7-5-14(6-8-15)21-12-13(11-16(21)22)17(23)20-19(18(24)25)9-3-2-4-10-19/h5-8,13H,2-4,9-12H2,1H3,(H,20,23)(H,24,25)/t13-/m0/s1. The van der Waals surface area contributed by atoms with Crippen LogP contribution in [-0.4, -0.2) is 42.1 Å². The van der Waals surface area contributed by atoms with Crippen molar-refractivity contribution < 1.29 is 24.2 Å². The number of aliphatic carboxylic acids is 1. The first-order chi connectivity index (χ1) is 12.4. The van der Waals surface area contributed by atoms with E-state index in [1.54, 1.807) is 36.3 Å². The predicted molar refractivity (Wildman–Crippen MR) is 95.0 cm³/mol. The Morgan fingerprint density at radius 1 is 1.19 bits per heavy atom. The van der Waals surface area contributed by atoms with Crippen LogP contribution in [0.15, 0.2) is 24.3 Å². The Morgan fingerprint density at radius 3 is 2.42 bits per heavy atom. The number of carbonyl (C=O) groups excluding carboxylic acids is 2. The first-order valence-electron chi connectivity index (χ1n) is 8.95. The molecule has 3 rings (SSSR count). The molecular weight excluding hydrogens is 336 g/mol. The fraction of sp³-hybridized carbons (Fsp3) is 0.526. The lowest BCUT2D eigenvalue weighted by molar-refractivity contribution is -0.149. The molecule has 2 amide bonds. The second-order valence-electron chi connectivity index (χ2n) is 7.04. The van der Waals surface area contributed by atoms with Crippen LogP contribution in [0.1, 0.15) is 38.5 Å². The zero-order valence-electron chi connectivity index (χ0n) is 14.9. The smallest absolute Gasteiger partial charge is 0.329 e. The second-order valence-corrected chi connectivity index (χ2v) is 7.04. The van der Waals surface area contributed by atoms with E-state index >= 15 is 0 Å². The van der Waals surface area contributed by atoms with Crippen molar-refractivity contribution in [2.75, 3.05) is 18.6 Å². The third kappa shape index (κ3) is 3.52. The minimum Gasteiger partial charge on any atom is -0.497 e. The summed E-state index contributed by atoms with van der Waals surface area (Å²) in [5.74, 6) is -1.32. The molecule has 26 heavy (non-hydrogen) atoms. The van der Waals surface area contributed by atoms with Gasteiger partial charge in [0.05, 0.1) is 13.0 Å². The van der Waals surface area contributed by atoms with E-state index in [1.165, 1.54) is 0 Å². The van der Waals surface area contributed by atoms with Crippen molar-refractivity contribution in [2.24, 2.45) is 5.92 Å². The molecule has 0 unspecified atom stereocenters. The molecule has 0 spiro atoms. The number of methoxy groups -OCH3 is 1. The first-order valence-corrected chi connectivity index (χ1v) is 8.95. The van der Waals surface area contributed by atoms with Crippen molar-refractivity contribution in [1.29, 1.82) is 0 Å². The third-order valence-corrected chi connectivity index (χ3v) is 5.36. The Labute approximate surface area is 152 Å².